The highest BCUT2D eigenvalue weighted by atomic mass is 19.1. The van der Waals surface area contributed by atoms with E-state index in [9.17, 15) is 4.39 Å². The first kappa shape index (κ1) is 15.2. The van der Waals surface area contributed by atoms with Gasteiger partial charge >= 0.3 is 0 Å². The number of hydrogen-bond acceptors (Lipinski definition) is 2. The zero-order valence-corrected chi connectivity index (χ0v) is 12.7. The third-order valence-electron chi connectivity index (χ3n) is 4.28. The van der Waals surface area contributed by atoms with Gasteiger partial charge in [-0.05, 0) is 55.1 Å². The second-order valence-electron chi connectivity index (χ2n) is 5.86. The molecule has 1 saturated heterocycles. The number of nitrogens with one attached hydrogen (secondary N) is 1. The molecule has 2 nitrogen and oxygen atoms in total. The zero-order chi connectivity index (χ0) is 15.2. The fourth-order valence-electron chi connectivity index (χ4n) is 3.06. The van der Waals surface area contributed by atoms with Crippen LogP contribution in [0.1, 0.15) is 30.1 Å². The van der Waals surface area contributed by atoms with E-state index in [4.69, 9.17) is 4.74 Å². The fraction of sp³-hybridized carbons (Fsp3) is 0.368. The molecule has 0 saturated carbocycles. The summed E-state index contributed by atoms with van der Waals surface area (Å²) >= 11 is 0. The molecule has 116 valence electrons. The van der Waals surface area contributed by atoms with Crippen LogP contribution in [0.15, 0.2) is 54.6 Å². The predicted molar refractivity (Wildman–Crippen MR) is 86.0 cm³/mol. The van der Waals surface area contributed by atoms with E-state index in [-0.39, 0.29) is 11.9 Å². The Labute approximate surface area is 131 Å². The van der Waals surface area contributed by atoms with Crippen LogP contribution in [0.2, 0.25) is 0 Å². The molecule has 0 aliphatic carbocycles. The lowest BCUT2D eigenvalue weighted by Gasteiger charge is -2.31. The molecular formula is C19H22FNO. The van der Waals surface area contributed by atoms with Crippen molar-refractivity contribution < 1.29 is 9.13 Å². The van der Waals surface area contributed by atoms with Gasteiger partial charge in [0, 0.05) is 0 Å². The van der Waals surface area contributed by atoms with E-state index in [1.54, 1.807) is 0 Å². The Morgan fingerprint density at radius 1 is 1.00 bits per heavy atom. The van der Waals surface area contributed by atoms with Crippen LogP contribution in [0.3, 0.4) is 0 Å². The maximum Gasteiger partial charge on any atom is 0.123 e. The van der Waals surface area contributed by atoms with Crippen LogP contribution in [0.5, 0.6) is 0 Å². The van der Waals surface area contributed by atoms with Gasteiger partial charge in [0.05, 0.1) is 12.7 Å². The number of piperidine rings is 1. The van der Waals surface area contributed by atoms with Gasteiger partial charge in [-0.15, -0.1) is 0 Å². The predicted octanol–water partition coefficient (Wildman–Crippen LogP) is 4.08. The molecule has 0 spiro atoms. The van der Waals surface area contributed by atoms with Gasteiger partial charge in [0.2, 0.25) is 0 Å². The van der Waals surface area contributed by atoms with Gasteiger partial charge in [-0.1, -0.05) is 42.5 Å². The van der Waals surface area contributed by atoms with E-state index in [0.717, 1.165) is 31.5 Å². The average molecular weight is 299 g/mol. The molecule has 1 fully saturated rings. The van der Waals surface area contributed by atoms with E-state index in [1.165, 1.54) is 17.7 Å². The van der Waals surface area contributed by atoms with E-state index in [2.05, 4.69) is 17.4 Å². The Morgan fingerprint density at radius 2 is 1.68 bits per heavy atom. The SMILES string of the molecule is Fc1ccc(C(OCc2ccccc2)C2CCNCC2)cc1. The fourth-order valence-corrected chi connectivity index (χ4v) is 3.06. The Hall–Kier alpha value is -1.71. The third kappa shape index (κ3) is 3.93. The molecule has 22 heavy (non-hydrogen) atoms. The lowest BCUT2D eigenvalue weighted by molar-refractivity contribution is -0.0103. The quantitative estimate of drug-likeness (QED) is 0.898. The summed E-state index contributed by atoms with van der Waals surface area (Å²) in [4.78, 5) is 0. The van der Waals surface area contributed by atoms with Gasteiger partial charge in [0.1, 0.15) is 5.82 Å². The van der Waals surface area contributed by atoms with Crippen molar-refractivity contribution in [2.24, 2.45) is 5.92 Å². The summed E-state index contributed by atoms with van der Waals surface area (Å²) in [5, 5.41) is 3.39. The van der Waals surface area contributed by atoms with Gasteiger partial charge in [0.25, 0.3) is 0 Å². The standard InChI is InChI=1S/C19H22FNO/c20-18-8-6-16(7-9-18)19(17-10-12-21-13-11-17)22-14-15-4-2-1-3-5-15/h1-9,17,19,21H,10-14H2. The van der Waals surface area contributed by atoms with Crippen molar-refractivity contribution in [1.29, 1.82) is 0 Å². The largest absolute Gasteiger partial charge is 0.369 e. The summed E-state index contributed by atoms with van der Waals surface area (Å²) in [6, 6.07) is 17.0. The minimum absolute atomic E-state index is 0.0305. The Kier molecular flexibility index (Phi) is 5.20. The van der Waals surface area contributed by atoms with Gasteiger partial charge in [-0.3, -0.25) is 0 Å². The summed E-state index contributed by atoms with van der Waals surface area (Å²) in [6.07, 6.45) is 2.22. The molecule has 0 amide bonds. The van der Waals surface area contributed by atoms with Gasteiger partial charge in [-0.25, -0.2) is 4.39 Å². The summed E-state index contributed by atoms with van der Waals surface area (Å²) in [5.74, 6) is 0.284. The van der Waals surface area contributed by atoms with Crippen LogP contribution in [-0.2, 0) is 11.3 Å². The second kappa shape index (κ2) is 7.52. The topological polar surface area (TPSA) is 21.3 Å². The van der Waals surface area contributed by atoms with Crippen molar-refractivity contribution in [3.05, 3.63) is 71.5 Å². The van der Waals surface area contributed by atoms with Crippen LogP contribution >= 0.6 is 0 Å². The van der Waals surface area contributed by atoms with Crippen molar-refractivity contribution in [2.45, 2.75) is 25.6 Å². The molecule has 1 unspecified atom stereocenters. The molecule has 1 N–H and O–H groups in total. The highest BCUT2D eigenvalue weighted by molar-refractivity contribution is 5.20. The Balaban J connectivity index is 1.74. The molecule has 0 radical (unpaired) electrons. The monoisotopic (exact) mass is 299 g/mol. The molecule has 3 heteroatoms. The maximum absolute atomic E-state index is 13.2. The van der Waals surface area contributed by atoms with Crippen molar-refractivity contribution >= 4 is 0 Å². The minimum Gasteiger partial charge on any atom is -0.369 e. The summed E-state index contributed by atoms with van der Waals surface area (Å²) < 4.78 is 19.4. The summed E-state index contributed by atoms with van der Waals surface area (Å²) in [7, 11) is 0. The molecule has 1 aliphatic heterocycles. The molecule has 1 atom stereocenters. The first-order valence-corrected chi connectivity index (χ1v) is 7.94. The highest BCUT2D eigenvalue weighted by Crippen LogP contribution is 2.33. The van der Waals surface area contributed by atoms with Crippen LogP contribution < -0.4 is 5.32 Å². The number of halogens is 1. The minimum atomic E-state index is -0.198. The van der Waals surface area contributed by atoms with Crippen LogP contribution in [0, 0.1) is 11.7 Å². The molecule has 0 bridgehead atoms. The molecule has 3 rings (SSSR count). The normalized spacial score (nSPS) is 17.3. The highest BCUT2D eigenvalue weighted by Gasteiger charge is 2.25. The van der Waals surface area contributed by atoms with Crippen molar-refractivity contribution in [2.75, 3.05) is 13.1 Å². The second-order valence-corrected chi connectivity index (χ2v) is 5.86. The average Bonchev–Trinajstić information content (AvgIpc) is 2.58. The van der Waals surface area contributed by atoms with E-state index in [1.807, 2.05) is 30.3 Å². The number of benzene rings is 2. The number of ether oxygens (including phenoxy) is 1. The molecule has 1 heterocycles. The van der Waals surface area contributed by atoms with E-state index in [0.29, 0.717) is 12.5 Å². The van der Waals surface area contributed by atoms with Gasteiger partial charge < -0.3 is 10.1 Å². The Bertz CT molecular complexity index is 564. The van der Waals surface area contributed by atoms with Crippen molar-refractivity contribution in [3.8, 4) is 0 Å². The molecule has 2 aromatic carbocycles. The smallest absolute Gasteiger partial charge is 0.123 e. The van der Waals surface area contributed by atoms with Crippen molar-refractivity contribution in [3.63, 3.8) is 0 Å². The molecule has 2 aromatic rings. The number of rotatable bonds is 5. The Morgan fingerprint density at radius 3 is 2.36 bits per heavy atom. The van der Waals surface area contributed by atoms with E-state index >= 15 is 0 Å². The molecular weight excluding hydrogens is 277 g/mol. The summed E-state index contributed by atoms with van der Waals surface area (Å²) in [6.45, 7) is 2.64. The number of hydrogen-bond donors (Lipinski definition) is 1. The van der Waals surface area contributed by atoms with Crippen LogP contribution in [0.4, 0.5) is 4.39 Å². The van der Waals surface area contributed by atoms with Crippen LogP contribution in [-0.4, -0.2) is 13.1 Å². The van der Waals surface area contributed by atoms with Gasteiger partial charge in [0.15, 0.2) is 0 Å². The first-order valence-electron chi connectivity index (χ1n) is 7.94. The maximum atomic E-state index is 13.2. The summed E-state index contributed by atoms with van der Waals surface area (Å²) in [5.41, 5.74) is 2.24. The van der Waals surface area contributed by atoms with Crippen molar-refractivity contribution in [1.82, 2.24) is 5.32 Å². The third-order valence-corrected chi connectivity index (χ3v) is 4.28. The molecule has 1 aliphatic rings. The lowest BCUT2D eigenvalue weighted by atomic mass is 9.88. The zero-order valence-electron chi connectivity index (χ0n) is 12.7. The molecule has 0 aromatic heterocycles. The lowest BCUT2D eigenvalue weighted by Crippen LogP contribution is -2.31. The van der Waals surface area contributed by atoms with Crippen LogP contribution in [0.25, 0.3) is 0 Å². The first-order chi connectivity index (χ1) is 10.8. The van der Waals surface area contributed by atoms with Gasteiger partial charge in [-0.2, -0.15) is 0 Å². The van der Waals surface area contributed by atoms with E-state index < -0.39 is 0 Å².